The van der Waals surface area contributed by atoms with Gasteiger partial charge in [0.05, 0.1) is 23.9 Å². The van der Waals surface area contributed by atoms with Gasteiger partial charge in [0.15, 0.2) is 0 Å². The largest absolute Gasteiger partial charge is 0.485 e. The number of hydrogen-bond donors (Lipinski definition) is 1. The summed E-state index contributed by atoms with van der Waals surface area (Å²) in [5.41, 5.74) is 2.61. The molecular weight excluding hydrogens is 497 g/mol. The second-order valence-corrected chi connectivity index (χ2v) is 8.61. The molecule has 36 heavy (non-hydrogen) atoms. The quantitative estimate of drug-likeness (QED) is 0.213. The van der Waals surface area contributed by atoms with E-state index in [-0.39, 0.29) is 6.61 Å². The third-order valence-electron chi connectivity index (χ3n) is 5.43. The van der Waals surface area contributed by atoms with Gasteiger partial charge < -0.3 is 19.7 Å². The number of ether oxygens (including phenoxy) is 2. The molecule has 6 nitrogen and oxygen atoms in total. The lowest BCUT2D eigenvalue weighted by Gasteiger charge is -2.29. The maximum Gasteiger partial charge on any atom is 0.212 e. The van der Waals surface area contributed by atoms with E-state index in [1.807, 2.05) is 75.4 Å². The first-order valence-electron chi connectivity index (χ1n) is 11.9. The van der Waals surface area contributed by atoms with Crippen LogP contribution in [-0.2, 0) is 9.53 Å². The van der Waals surface area contributed by atoms with Crippen LogP contribution in [0.2, 0.25) is 10.0 Å². The summed E-state index contributed by atoms with van der Waals surface area (Å²) < 4.78 is 11.4. The smallest absolute Gasteiger partial charge is 0.212 e. The first-order valence-corrected chi connectivity index (χ1v) is 12.7. The fraction of sp³-hybridized carbons (Fsp3) is 0.286. The molecule has 1 aliphatic heterocycles. The third-order valence-corrected chi connectivity index (χ3v) is 6.06. The molecule has 0 bridgehead atoms. The molecule has 1 N–H and O–H groups in total. The van der Waals surface area contributed by atoms with Gasteiger partial charge in [-0.15, -0.1) is 0 Å². The van der Waals surface area contributed by atoms with E-state index in [9.17, 15) is 4.79 Å². The van der Waals surface area contributed by atoms with Crippen molar-refractivity contribution in [2.75, 3.05) is 37.8 Å². The zero-order chi connectivity index (χ0) is 25.9. The fourth-order valence-corrected chi connectivity index (χ4v) is 4.38. The van der Waals surface area contributed by atoms with Crippen molar-refractivity contribution in [2.45, 2.75) is 20.8 Å². The Bertz CT molecular complexity index is 1240. The van der Waals surface area contributed by atoms with Crippen LogP contribution in [0.3, 0.4) is 0 Å². The number of morpholine rings is 1. The van der Waals surface area contributed by atoms with Crippen LogP contribution >= 0.6 is 23.2 Å². The lowest BCUT2D eigenvalue weighted by atomic mass is 10.1. The lowest BCUT2D eigenvalue weighted by Crippen LogP contribution is -2.36. The van der Waals surface area contributed by atoms with Gasteiger partial charge in [0, 0.05) is 34.6 Å². The normalized spacial score (nSPS) is 14.2. The van der Waals surface area contributed by atoms with Gasteiger partial charge in [-0.3, -0.25) is 4.79 Å². The Balaban J connectivity index is 0.00000176. The van der Waals surface area contributed by atoms with Crippen molar-refractivity contribution in [1.82, 2.24) is 5.32 Å². The van der Waals surface area contributed by atoms with E-state index >= 15 is 0 Å². The van der Waals surface area contributed by atoms with Crippen LogP contribution in [0.4, 0.5) is 5.69 Å². The predicted molar refractivity (Wildman–Crippen MR) is 151 cm³/mol. The van der Waals surface area contributed by atoms with Crippen LogP contribution in [0.5, 0.6) is 5.75 Å². The minimum absolute atomic E-state index is 0.0896. The van der Waals surface area contributed by atoms with Gasteiger partial charge in [-0.1, -0.05) is 67.4 Å². The standard InChI is InChI=1S/C26H25Cl2N3O3.C2H6/c1-18(14-19-6-8-24(23(28)15-19)31-10-12-33-13-11-31)30-26(29-17-32)16-34-25-9-7-22(27)20-4-2-3-5-21(20)25;1-2/h2-9,14-15,17H,10-13,16H2,1H3,(H,29,30,32);1-2H3/b18-14-;. The van der Waals surface area contributed by atoms with E-state index in [2.05, 4.69) is 15.2 Å². The van der Waals surface area contributed by atoms with Crippen LogP contribution in [-0.4, -0.2) is 45.2 Å². The summed E-state index contributed by atoms with van der Waals surface area (Å²) >= 11 is 12.8. The van der Waals surface area contributed by atoms with E-state index in [1.54, 1.807) is 6.07 Å². The van der Waals surface area contributed by atoms with Crippen molar-refractivity contribution in [3.8, 4) is 5.75 Å². The Morgan fingerprint density at radius 2 is 1.78 bits per heavy atom. The average Bonchev–Trinajstić information content (AvgIpc) is 2.90. The molecule has 0 atom stereocenters. The SMILES string of the molecule is C/C(=C/c1ccc(N2CCOCC2)c(Cl)c1)N=C(COc1ccc(Cl)c2ccccc12)NC=O.CC. The third kappa shape index (κ3) is 7.23. The highest BCUT2D eigenvalue weighted by molar-refractivity contribution is 6.35. The highest BCUT2D eigenvalue weighted by Gasteiger charge is 2.14. The highest BCUT2D eigenvalue weighted by Crippen LogP contribution is 2.31. The molecule has 1 fully saturated rings. The zero-order valence-electron chi connectivity index (χ0n) is 20.8. The van der Waals surface area contributed by atoms with Gasteiger partial charge in [-0.25, -0.2) is 4.99 Å². The molecule has 1 aliphatic rings. The number of aliphatic imine (C=N–C) groups is 1. The van der Waals surface area contributed by atoms with E-state index in [0.717, 1.165) is 35.1 Å². The van der Waals surface area contributed by atoms with Crippen LogP contribution in [0.1, 0.15) is 26.3 Å². The Hall–Kier alpha value is -3.06. The Morgan fingerprint density at radius 3 is 2.47 bits per heavy atom. The number of carbonyl (C=O) groups excluding carboxylic acids is 1. The minimum atomic E-state index is 0.0896. The molecule has 4 rings (SSSR count). The first-order chi connectivity index (χ1) is 17.5. The molecule has 0 aromatic heterocycles. The summed E-state index contributed by atoms with van der Waals surface area (Å²) in [5.74, 6) is 1.05. The van der Waals surface area contributed by atoms with Crippen LogP contribution in [0, 0.1) is 0 Å². The molecule has 1 saturated heterocycles. The highest BCUT2D eigenvalue weighted by atomic mass is 35.5. The van der Waals surface area contributed by atoms with Gasteiger partial charge in [-0.05, 0) is 42.8 Å². The van der Waals surface area contributed by atoms with Gasteiger partial charge in [0.25, 0.3) is 0 Å². The zero-order valence-corrected chi connectivity index (χ0v) is 22.3. The van der Waals surface area contributed by atoms with Crippen molar-refractivity contribution < 1.29 is 14.3 Å². The predicted octanol–water partition coefficient (Wildman–Crippen LogP) is 6.59. The number of amidine groups is 1. The van der Waals surface area contributed by atoms with E-state index in [0.29, 0.717) is 47.0 Å². The Morgan fingerprint density at radius 1 is 1.06 bits per heavy atom. The number of fused-ring (bicyclic) bond motifs is 1. The van der Waals surface area contributed by atoms with Crippen molar-refractivity contribution in [2.24, 2.45) is 4.99 Å². The monoisotopic (exact) mass is 527 g/mol. The molecule has 1 heterocycles. The van der Waals surface area contributed by atoms with Gasteiger partial charge in [-0.2, -0.15) is 0 Å². The number of nitrogens with zero attached hydrogens (tertiary/aromatic N) is 2. The van der Waals surface area contributed by atoms with Crippen LogP contribution in [0.25, 0.3) is 16.8 Å². The number of benzene rings is 3. The molecule has 190 valence electrons. The molecule has 1 amide bonds. The van der Waals surface area contributed by atoms with Crippen molar-refractivity contribution in [3.63, 3.8) is 0 Å². The topological polar surface area (TPSA) is 63.2 Å². The van der Waals surface area contributed by atoms with Gasteiger partial charge in [0.1, 0.15) is 18.2 Å². The summed E-state index contributed by atoms with van der Waals surface area (Å²) in [6, 6.07) is 17.2. The maximum absolute atomic E-state index is 11.1. The molecule has 0 spiro atoms. The number of hydrogen-bond acceptors (Lipinski definition) is 5. The molecule has 0 saturated carbocycles. The molecule has 0 radical (unpaired) electrons. The maximum atomic E-state index is 11.1. The number of rotatable bonds is 7. The summed E-state index contributed by atoms with van der Waals surface area (Å²) in [4.78, 5) is 17.9. The number of anilines is 1. The van der Waals surface area contributed by atoms with Crippen molar-refractivity contribution >= 4 is 58.0 Å². The number of nitrogens with one attached hydrogen (secondary N) is 1. The molecule has 8 heteroatoms. The van der Waals surface area contributed by atoms with Gasteiger partial charge in [0.2, 0.25) is 6.41 Å². The number of carbonyl (C=O) groups is 1. The number of amides is 1. The van der Waals surface area contributed by atoms with Crippen LogP contribution < -0.4 is 15.0 Å². The molecule has 3 aromatic carbocycles. The summed E-state index contributed by atoms with van der Waals surface area (Å²) in [7, 11) is 0. The fourth-order valence-electron chi connectivity index (χ4n) is 3.84. The minimum Gasteiger partial charge on any atom is -0.485 e. The van der Waals surface area contributed by atoms with Crippen molar-refractivity contribution in [3.05, 3.63) is 75.9 Å². The molecule has 0 unspecified atom stereocenters. The second kappa shape index (κ2) is 13.9. The van der Waals surface area contributed by atoms with Gasteiger partial charge >= 0.3 is 0 Å². The van der Waals surface area contributed by atoms with E-state index in [4.69, 9.17) is 32.7 Å². The molecule has 3 aromatic rings. The van der Waals surface area contributed by atoms with Crippen molar-refractivity contribution in [1.29, 1.82) is 0 Å². The average molecular weight is 528 g/mol. The second-order valence-electron chi connectivity index (χ2n) is 7.80. The van der Waals surface area contributed by atoms with E-state index < -0.39 is 0 Å². The lowest BCUT2D eigenvalue weighted by molar-refractivity contribution is -0.108. The summed E-state index contributed by atoms with van der Waals surface area (Å²) in [5, 5.41) is 5.75. The number of allylic oxidation sites excluding steroid dienone is 1. The summed E-state index contributed by atoms with van der Waals surface area (Å²) in [6.07, 6.45) is 2.49. The molecule has 0 aliphatic carbocycles. The summed E-state index contributed by atoms with van der Waals surface area (Å²) in [6.45, 7) is 8.99. The first kappa shape index (κ1) is 27.5. The molecular formula is C28H31Cl2N3O3. The van der Waals surface area contributed by atoms with E-state index in [1.165, 1.54) is 0 Å². The van der Waals surface area contributed by atoms with Crippen LogP contribution in [0.15, 0.2) is 65.3 Å². The Labute approximate surface area is 222 Å². The Kier molecular flexibility index (Phi) is 10.6. The number of halogens is 2.